The molecule has 2 aromatic rings. The van der Waals surface area contributed by atoms with E-state index in [0.29, 0.717) is 29.3 Å². The molecule has 1 saturated carbocycles. The van der Waals surface area contributed by atoms with Crippen LogP contribution < -0.4 is 15.4 Å². The van der Waals surface area contributed by atoms with Gasteiger partial charge in [-0.15, -0.1) is 0 Å². The van der Waals surface area contributed by atoms with Gasteiger partial charge in [0.25, 0.3) is 5.91 Å². The zero-order valence-corrected chi connectivity index (χ0v) is 16.7. The fourth-order valence-electron chi connectivity index (χ4n) is 3.69. The molecule has 1 aliphatic rings. The number of hydrogen-bond acceptors (Lipinski definition) is 4. The highest BCUT2D eigenvalue weighted by Crippen LogP contribution is 2.29. The molecule has 0 heterocycles. The van der Waals surface area contributed by atoms with Crippen molar-refractivity contribution in [3.63, 3.8) is 0 Å². The lowest BCUT2D eigenvalue weighted by atomic mass is 9.86. The molecule has 3 N–H and O–H groups in total. The van der Waals surface area contributed by atoms with Crippen molar-refractivity contribution < 1.29 is 19.4 Å². The van der Waals surface area contributed by atoms with Gasteiger partial charge in [0.1, 0.15) is 11.5 Å². The predicted molar refractivity (Wildman–Crippen MR) is 113 cm³/mol. The van der Waals surface area contributed by atoms with Crippen LogP contribution in [-0.2, 0) is 4.79 Å². The molecule has 0 aliphatic heterocycles. The molecule has 0 saturated heterocycles. The van der Waals surface area contributed by atoms with E-state index in [-0.39, 0.29) is 23.3 Å². The maximum atomic E-state index is 12.3. The van der Waals surface area contributed by atoms with E-state index in [0.717, 1.165) is 6.42 Å². The van der Waals surface area contributed by atoms with Crippen molar-refractivity contribution in [3.05, 3.63) is 48.0 Å². The average Bonchev–Trinajstić information content (AvgIpc) is 2.75. The maximum Gasteiger partial charge on any atom is 0.255 e. The first kappa shape index (κ1) is 20.7. The van der Waals surface area contributed by atoms with Crippen LogP contribution in [0.2, 0.25) is 0 Å². The third-order valence-electron chi connectivity index (χ3n) is 5.39. The monoisotopic (exact) mass is 396 g/mol. The molecular weight excluding hydrogens is 368 g/mol. The van der Waals surface area contributed by atoms with Gasteiger partial charge in [-0.1, -0.05) is 32.1 Å². The summed E-state index contributed by atoms with van der Waals surface area (Å²) in [5.41, 5.74) is 1.25. The molecule has 2 aromatic carbocycles. The second-order valence-corrected chi connectivity index (χ2v) is 7.51. The maximum absolute atomic E-state index is 12.3. The highest BCUT2D eigenvalue weighted by molar-refractivity contribution is 6.05. The topological polar surface area (TPSA) is 87.7 Å². The summed E-state index contributed by atoms with van der Waals surface area (Å²) in [5, 5.41) is 15.7. The fourth-order valence-corrected chi connectivity index (χ4v) is 3.69. The third kappa shape index (κ3) is 5.98. The van der Waals surface area contributed by atoms with E-state index in [1.807, 2.05) is 0 Å². The standard InChI is InChI=1S/C23H28N2O4/c1-29-19-11-8-17(9-12-19)23(28)25-20-13-10-18(15-21(20)26)24-22(27)14-7-16-5-3-2-4-6-16/h8-13,15-16,26H,2-7,14H2,1H3,(H,24,27)(H,25,28). The quantitative estimate of drug-likeness (QED) is 0.578. The molecule has 2 amide bonds. The molecule has 1 aliphatic carbocycles. The number of ether oxygens (including phenoxy) is 1. The van der Waals surface area contributed by atoms with Gasteiger partial charge in [-0.2, -0.15) is 0 Å². The Hall–Kier alpha value is -3.02. The summed E-state index contributed by atoms with van der Waals surface area (Å²) in [6.45, 7) is 0. The van der Waals surface area contributed by atoms with Gasteiger partial charge >= 0.3 is 0 Å². The van der Waals surface area contributed by atoms with Crippen LogP contribution in [0.15, 0.2) is 42.5 Å². The third-order valence-corrected chi connectivity index (χ3v) is 5.39. The number of phenols is 1. The van der Waals surface area contributed by atoms with Crippen LogP contribution in [0.25, 0.3) is 0 Å². The molecule has 6 heteroatoms. The van der Waals surface area contributed by atoms with Crippen molar-refractivity contribution in [3.8, 4) is 11.5 Å². The van der Waals surface area contributed by atoms with Gasteiger partial charge in [-0.3, -0.25) is 9.59 Å². The predicted octanol–water partition coefficient (Wildman–Crippen LogP) is 4.95. The number of carbonyl (C=O) groups is 2. The second kappa shape index (κ2) is 9.96. The number of aromatic hydroxyl groups is 1. The lowest BCUT2D eigenvalue weighted by molar-refractivity contribution is -0.116. The summed E-state index contributed by atoms with van der Waals surface area (Å²) in [7, 11) is 1.56. The van der Waals surface area contributed by atoms with E-state index >= 15 is 0 Å². The Labute approximate surface area is 171 Å². The van der Waals surface area contributed by atoms with Gasteiger partial charge in [0.05, 0.1) is 12.8 Å². The molecule has 0 aromatic heterocycles. The van der Waals surface area contributed by atoms with Crippen molar-refractivity contribution in [2.45, 2.75) is 44.9 Å². The van der Waals surface area contributed by atoms with Gasteiger partial charge in [0, 0.05) is 23.7 Å². The first-order valence-electron chi connectivity index (χ1n) is 10.1. The molecule has 29 heavy (non-hydrogen) atoms. The highest BCUT2D eigenvalue weighted by Gasteiger charge is 2.15. The Kier molecular flexibility index (Phi) is 7.11. The molecule has 0 atom stereocenters. The summed E-state index contributed by atoms with van der Waals surface area (Å²) < 4.78 is 5.08. The van der Waals surface area contributed by atoms with E-state index in [4.69, 9.17) is 4.74 Å². The van der Waals surface area contributed by atoms with E-state index in [1.165, 1.54) is 38.2 Å². The number of nitrogens with one attached hydrogen (secondary N) is 2. The van der Waals surface area contributed by atoms with Crippen LogP contribution in [0.1, 0.15) is 55.3 Å². The highest BCUT2D eigenvalue weighted by atomic mass is 16.5. The molecule has 0 radical (unpaired) electrons. The second-order valence-electron chi connectivity index (χ2n) is 7.51. The van der Waals surface area contributed by atoms with Crippen molar-refractivity contribution in [1.29, 1.82) is 0 Å². The van der Waals surface area contributed by atoms with Gasteiger partial charge in [0.15, 0.2) is 0 Å². The van der Waals surface area contributed by atoms with E-state index in [9.17, 15) is 14.7 Å². The van der Waals surface area contributed by atoms with Crippen LogP contribution in [0.5, 0.6) is 11.5 Å². The smallest absolute Gasteiger partial charge is 0.255 e. The first-order valence-corrected chi connectivity index (χ1v) is 10.1. The summed E-state index contributed by atoms with van der Waals surface area (Å²) in [5.74, 6) is 0.820. The Balaban J connectivity index is 1.53. The lowest BCUT2D eigenvalue weighted by Gasteiger charge is -2.21. The number of anilines is 2. The SMILES string of the molecule is COc1ccc(C(=O)Nc2ccc(NC(=O)CCC3CCCCC3)cc2O)cc1. The largest absolute Gasteiger partial charge is 0.506 e. The average molecular weight is 396 g/mol. The van der Waals surface area contributed by atoms with Crippen molar-refractivity contribution in [1.82, 2.24) is 0 Å². The number of rotatable bonds is 7. The number of carbonyl (C=O) groups excluding carboxylic acids is 2. The number of methoxy groups -OCH3 is 1. The summed E-state index contributed by atoms with van der Waals surface area (Å²) in [6.07, 6.45) is 7.68. The zero-order chi connectivity index (χ0) is 20.6. The van der Waals surface area contributed by atoms with Crippen LogP contribution in [0, 0.1) is 5.92 Å². The Bertz CT molecular complexity index is 842. The van der Waals surface area contributed by atoms with Crippen LogP contribution in [-0.4, -0.2) is 24.0 Å². The van der Waals surface area contributed by atoms with Crippen LogP contribution in [0.3, 0.4) is 0 Å². The first-order chi connectivity index (χ1) is 14.0. The van der Waals surface area contributed by atoms with Crippen LogP contribution >= 0.6 is 0 Å². The minimum absolute atomic E-state index is 0.0509. The molecule has 154 valence electrons. The molecule has 1 fully saturated rings. The molecule has 0 bridgehead atoms. The van der Waals surface area contributed by atoms with Gasteiger partial charge in [-0.05, 0) is 48.7 Å². The Morgan fingerprint density at radius 2 is 1.76 bits per heavy atom. The van der Waals surface area contributed by atoms with Gasteiger partial charge < -0.3 is 20.5 Å². The Morgan fingerprint density at radius 3 is 2.41 bits per heavy atom. The minimum atomic E-state index is -0.341. The fraction of sp³-hybridized carbons (Fsp3) is 0.391. The lowest BCUT2D eigenvalue weighted by Crippen LogP contribution is -2.15. The number of benzene rings is 2. The zero-order valence-electron chi connectivity index (χ0n) is 16.7. The van der Waals surface area contributed by atoms with Gasteiger partial charge in [0.2, 0.25) is 5.91 Å². The molecule has 3 rings (SSSR count). The molecule has 0 spiro atoms. The van der Waals surface area contributed by atoms with Crippen molar-refractivity contribution >= 4 is 23.2 Å². The van der Waals surface area contributed by atoms with Crippen molar-refractivity contribution in [2.75, 3.05) is 17.7 Å². The number of hydrogen-bond donors (Lipinski definition) is 3. The van der Waals surface area contributed by atoms with E-state index in [1.54, 1.807) is 43.5 Å². The number of phenolic OH excluding ortho intramolecular Hbond substituents is 1. The van der Waals surface area contributed by atoms with Gasteiger partial charge in [-0.25, -0.2) is 0 Å². The summed E-state index contributed by atoms with van der Waals surface area (Å²) in [6, 6.07) is 11.4. The summed E-state index contributed by atoms with van der Waals surface area (Å²) >= 11 is 0. The number of amides is 2. The minimum Gasteiger partial charge on any atom is -0.506 e. The van der Waals surface area contributed by atoms with E-state index < -0.39 is 0 Å². The summed E-state index contributed by atoms with van der Waals surface area (Å²) in [4.78, 5) is 24.5. The van der Waals surface area contributed by atoms with Crippen molar-refractivity contribution in [2.24, 2.45) is 5.92 Å². The van der Waals surface area contributed by atoms with E-state index in [2.05, 4.69) is 10.6 Å². The normalized spacial score (nSPS) is 14.2. The molecule has 0 unspecified atom stereocenters. The molecular formula is C23H28N2O4. The molecule has 6 nitrogen and oxygen atoms in total. The Morgan fingerprint density at radius 1 is 1.03 bits per heavy atom. The van der Waals surface area contributed by atoms with Crippen LogP contribution in [0.4, 0.5) is 11.4 Å².